The molecule has 23 heavy (non-hydrogen) atoms. The summed E-state index contributed by atoms with van der Waals surface area (Å²) in [5, 5.41) is 13.3. The molecule has 120 valence electrons. The Morgan fingerprint density at radius 3 is 2.26 bits per heavy atom. The van der Waals surface area contributed by atoms with Gasteiger partial charge in [0.05, 0.1) is 17.0 Å². The number of hydrazone groups is 1. The minimum atomic E-state index is -0.952. The van der Waals surface area contributed by atoms with E-state index in [9.17, 15) is 4.79 Å². The largest absolute Gasteiger partial charge is 0.478 e. The predicted molar refractivity (Wildman–Crippen MR) is 94.4 cm³/mol. The second-order valence-corrected chi connectivity index (χ2v) is 6.52. The van der Waals surface area contributed by atoms with Crippen LogP contribution in [0.2, 0.25) is 0 Å². The second-order valence-electron chi connectivity index (χ2n) is 6.52. The molecule has 0 fully saturated rings. The number of hydrogen-bond donors (Lipinski definition) is 2. The number of rotatable bonds is 4. The molecule has 2 aromatic rings. The molecule has 0 bridgehead atoms. The van der Waals surface area contributed by atoms with Crippen molar-refractivity contribution in [3.63, 3.8) is 0 Å². The molecule has 4 nitrogen and oxygen atoms in total. The van der Waals surface area contributed by atoms with Crippen LogP contribution in [0.1, 0.15) is 49.2 Å². The van der Waals surface area contributed by atoms with Crippen LogP contribution in [-0.2, 0) is 5.41 Å². The molecule has 0 atom stereocenters. The van der Waals surface area contributed by atoms with Crippen LogP contribution in [0.4, 0.5) is 5.69 Å². The van der Waals surface area contributed by atoms with Gasteiger partial charge in [0.1, 0.15) is 0 Å². The van der Waals surface area contributed by atoms with Crippen LogP contribution in [0.15, 0.2) is 53.6 Å². The Kier molecular flexibility index (Phi) is 4.84. The van der Waals surface area contributed by atoms with E-state index in [1.165, 1.54) is 5.56 Å². The van der Waals surface area contributed by atoms with Crippen molar-refractivity contribution >= 4 is 17.4 Å². The van der Waals surface area contributed by atoms with Gasteiger partial charge in [-0.3, -0.25) is 5.43 Å². The van der Waals surface area contributed by atoms with Crippen molar-refractivity contribution in [2.75, 3.05) is 5.43 Å². The molecule has 0 radical (unpaired) electrons. The molecule has 0 saturated heterocycles. The van der Waals surface area contributed by atoms with E-state index >= 15 is 0 Å². The fourth-order valence-electron chi connectivity index (χ4n) is 2.15. The Labute approximate surface area is 136 Å². The van der Waals surface area contributed by atoms with Crippen LogP contribution in [-0.4, -0.2) is 16.8 Å². The molecule has 0 amide bonds. The summed E-state index contributed by atoms with van der Waals surface area (Å²) in [6.45, 7) is 8.46. The lowest BCUT2D eigenvalue weighted by Gasteiger charge is -2.19. The average molecular weight is 310 g/mol. The Morgan fingerprint density at radius 2 is 1.70 bits per heavy atom. The van der Waals surface area contributed by atoms with Gasteiger partial charge in [-0.15, -0.1) is 0 Å². The van der Waals surface area contributed by atoms with E-state index in [4.69, 9.17) is 5.11 Å². The van der Waals surface area contributed by atoms with E-state index in [0.29, 0.717) is 5.69 Å². The SMILES string of the molecule is C/C(=N/Nc1cccc(C(=O)O)c1)c1ccc(C(C)(C)C)cc1. The molecule has 0 aromatic heterocycles. The maximum Gasteiger partial charge on any atom is 0.335 e. The quantitative estimate of drug-likeness (QED) is 0.645. The summed E-state index contributed by atoms with van der Waals surface area (Å²) in [5.41, 5.74) is 7.06. The molecule has 0 saturated carbocycles. The highest BCUT2D eigenvalue weighted by atomic mass is 16.4. The topological polar surface area (TPSA) is 61.7 Å². The summed E-state index contributed by atoms with van der Waals surface area (Å²) < 4.78 is 0. The van der Waals surface area contributed by atoms with E-state index in [0.717, 1.165) is 11.3 Å². The van der Waals surface area contributed by atoms with Crippen molar-refractivity contribution in [3.8, 4) is 0 Å². The van der Waals surface area contributed by atoms with Crippen LogP contribution < -0.4 is 5.43 Å². The number of anilines is 1. The summed E-state index contributed by atoms with van der Waals surface area (Å²) in [7, 11) is 0. The summed E-state index contributed by atoms with van der Waals surface area (Å²) in [6, 6.07) is 14.9. The molecule has 2 rings (SSSR count). The van der Waals surface area contributed by atoms with Crippen molar-refractivity contribution in [3.05, 3.63) is 65.2 Å². The molecule has 0 unspecified atom stereocenters. The first-order valence-electron chi connectivity index (χ1n) is 7.52. The molecule has 0 heterocycles. The number of carboxylic acid groups (broad SMARTS) is 1. The van der Waals surface area contributed by atoms with Crippen molar-refractivity contribution < 1.29 is 9.90 Å². The number of hydrogen-bond acceptors (Lipinski definition) is 3. The fraction of sp³-hybridized carbons (Fsp3) is 0.263. The fourth-order valence-corrected chi connectivity index (χ4v) is 2.15. The van der Waals surface area contributed by atoms with Crippen molar-refractivity contribution in [1.29, 1.82) is 0 Å². The van der Waals surface area contributed by atoms with Crippen molar-refractivity contribution in [2.24, 2.45) is 5.10 Å². The number of carbonyl (C=O) groups is 1. The van der Waals surface area contributed by atoms with Gasteiger partial charge in [-0.25, -0.2) is 4.79 Å². The highest BCUT2D eigenvalue weighted by Gasteiger charge is 2.13. The van der Waals surface area contributed by atoms with E-state index in [1.54, 1.807) is 24.3 Å². The highest BCUT2D eigenvalue weighted by molar-refractivity contribution is 5.99. The minimum absolute atomic E-state index is 0.124. The zero-order valence-electron chi connectivity index (χ0n) is 13.9. The van der Waals surface area contributed by atoms with Crippen LogP contribution in [0.3, 0.4) is 0 Å². The number of benzene rings is 2. The molecule has 2 aromatic carbocycles. The standard InChI is InChI=1S/C19H22N2O2/c1-13(14-8-10-16(11-9-14)19(2,3)4)20-21-17-7-5-6-15(12-17)18(22)23/h5-12,21H,1-4H3,(H,22,23)/b20-13-. The van der Waals surface area contributed by atoms with Crippen LogP contribution in [0.5, 0.6) is 0 Å². The average Bonchev–Trinajstić information content (AvgIpc) is 2.52. The second kappa shape index (κ2) is 6.65. The van der Waals surface area contributed by atoms with E-state index in [1.807, 2.05) is 6.92 Å². The number of carboxylic acids is 1. The van der Waals surface area contributed by atoms with Crippen molar-refractivity contribution in [1.82, 2.24) is 0 Å². The number of nitrogens with one attached hydrogen (secondary N) is 1. The summed E-state index contributed by atoms with van der Waals surface area (Å²) in [4.78, 5) is 11.0. The third-order valence-corrected chi connectivity index (χ3v) is 3.63. The van der Waals surface area contributed by atoms with E-state index in [2.05, 4.69) is 55.6 Å². The molecule has 0 aliphatic carbocycles. The van der Waals surface area contributed by atoms with Crippen LogP contribution >= 0.6 is 0 Å². The first-order valence-corrected chi connectivity index (χ1v) is 7.52. The Bertz CT molecular complexity index is 726. The summed E-state index contributed by atoms with van der Waals surface area (Å²) in [5.74, 6) is -0.952. The molecular weight excluding hydrogens is 288 g/mol. The molecule has 0 aliphatic rings. The Hall–Kier alpha value is -2.62. The highest BCUT2D eigenvalue weighted by Crippen LogP contribution is 2.22. The minimum Gasteiger partial charge on any atom is -0.478 e. The van der Waals surface area contributed by atoms with Crippen molar-refractivity contribution in [2.45, 2.75) is 33.1 Å². The van der Waals surface area contributed by atoms with Gasteiger partial charge in [-0.2, -0.15) is 5.10 Å². The van der Waals surface area contributed by atoms with Gasteiger partial charge in [-0.05, 0) is 41.7 Å². The normalized spacial score (nSPS) is 12.1. The third-order valence-electron chi connectivity index (χ3n) is 3.63. The van der Waals surface area contributed by atoms with Gasteiger partial charge in [0.25, 0.3) is 0 Å². The zero-order chi connectivity index (χ0) is 17.0. The van der Waals surface area contributed by atoms with E-state index in [-0.39, 0.29) is 11.0 Å². The van der Waals surface area contributed by atoms with Gasteiger partial charge in [0.15, 0.2) is 0 Å². The maximum absolute atomic E-state index is 11.0. The number of aromatic carboxylic acids is 1. The third kappa shape index (κ3) is 4.42. The summed E-state index contributed by atoms with van der Waals surface area (Å²) in [6.07, 6.45) is 0. The molecule has 4 heteroatoms. The van der Waals surface area contributed by atoms with Crippen LogP contribution in [0, 0.1) is 0 Å². The lowest BCUT2D eigenvalue weighted by Crippen LogP contribution is -2.11. The van der Waals surface area contributed by atoms with Gasteiger partial charge in [0, 0.05) is 0 Å². The first-order chi connectivity index (χ1) is 10.8. The number of nitrogens with zero attached hydrogens (tertiary/aromatic N) is 1. The first kappa shape index (κ1) is 16.7. The van der Waals surface area contributed by atoms with Gasteiger partial charge in [-0.1, -0.05) is 51.1 Å². The zero-order valence-corrected chi connectivity index (χ0v) is 13.9. The molecule has 0 aliphatic heterocycles. The van der Waals surface area contributed by atoms with Crippen LogP contribution in [0.25, 0.3) is 0 Å². The van der Waals surface area contributed by atoms with Gasteiger partial charge < -0.3 is 5.11 Å². The van der Waals surface area contributed by atoms with E-state index < -0.39 is 5.97 Å². The lowest BCUT2D eigenvalue weighted by molar-refractivity contribution is 0.0697. The predicted octanol–water partition coefficient (Wildman–Crippen LogP) is 4.52. The van der Waals surface area contributed by atoms with Gasteiger partial charge >= 0.3 is 5.97 Å². The Balaban J connectivity index is 2.14. The smallest absolute Gasteiger partial charge is 0.335 e. The molecule has 0 spiro atoms. The van der Waals surface area contributed by atoms with Gasteiger partial charge in [0.2, 0.25) is 0 Å². The lowest BCUT2D eigenvalue weighted by atomic mass is 9.86. The molecular formula is C19H22N2O2. The maximum atomic E-state index is 11.0. The summed E-state index contributed by atoms with van der Waals surface area (Å²) >= 11 is 0. The monoisotopic (exact) mass is 310 g/mol. The molecule has 2 N–H and O–H groups in total. The Morgan fingerprint density at radius 1 is 1.04 bits per heavy atom.